The van der Waals surface area contributed by atoms with E-state index in [1.54, 1.807) is 0 Å². The van der Waals surface area contributed by atoms with E-state index >= 15 is 0 Å². The van der Waals surface area contributed by atoms with Crippen LogP contribution in [0.15, 0.2) is 12.1 Å². The van der Waals surface area contributed by atoms with Crippen molar-refractivity contribution in [1.29, 1.82) is 0 Å². The van der Waals surface area contributed by atoms with Gasteiger partial charge >= 0.3 is 0 Å². The fourth-order valence-corrected chi connectivity index (χ4v) is 3.29. The summed E-state index contributed by atoms with van der Waals surface area (Å²) in [5, 5.41) is 0. The van der Waals surface area contributed by atoms with Gasteiger partial charge in [0.1, 0.15) is 0 Å². The third-order valence-corrected chi connectivity index (χ3v) is 4.62. The summed E-state index contributed by atoms with van der Waals surface area (Å²) >= 11 is 0. The van der Waals surface area contributed by atoms with Crippen molar-refractivity contribution in [3.05, 3.63) is 29.1 Å². The van der Waals surface area contributed by atoms with Crippen LogP contribution in [0.5, 0.6) is 0 Å². The first-order valence-electron chi connectivity index (χ1n) is 9.07. The Morgan fingerprint density at radius 1 is 1.13 bits per heavy atom. The van der Waals surface area contributed by atoms with Crippen molar-refractivity contribution in [3.63, 3.8) is 0 Å². The van der Waals surface area contributed by atoms with Gasteiger partial charge in [-0.1, -0.05) is 19.8 Å². The maximum Gasteiger partial charge on any atom is 0.255 e. The lowest BCUT2D eigenvalue weighted by molar-refractivity contribution is 0.0734. The molecule has 0 spiro atoms. The van der Waals surface area contributed by atoms with Crippen LogP contribution >= 0.6 is 0 Å². The number of hydrogen-bond donors (Lipinski definition) is 0. The van der Waals surface area contributed by atoms with E-state index in [0.29, 0.717) is 0 Å². The van der Waals surface area contributed by atoms with Crippen LogP contribution in [0.3, 0.4) is 0 Å². The van der Waals surface area contributed by atoms with Crippen molar-refractivity contribution in [2.75, 3.05) is 32.7 Å². The van der Waals surface area contributed by atoms with Crippen LogP contribution in [-0.4, -0.2) is 53.4 Å². The lowest BCUT2D eigenvalue weighted by Crippen LogP contribution is -2.39. The van der Waals surface area contributed by atoms with E-state index in [9.17, 15) is 4.79 Å². The molecular formula is C19H31N3O. The quantitative estimate of drug-likeness (QED) is 0.806. The summed E-state index contributed by atoms with van der Waals surface area (Å²) in [5.74, 6) is 0.131. The predicted octanol–water partition coefficient (Wildman–Crippen LogP) is 3.43. The summed E-state index contributed by atoms with van der Waals surface area (Å²) in [6, 6.07) is 3.85. The molecule has 0 aliphatic carbocycles. The summed E-state index contributed by atoms with van der Waals surface area (Å²) < 4.78 is 0. The SMILES string of the molecule is CCCN(CCN1CCCCCC1)C(=O)c1ccc(C)nc1C. The third kappa shape index (κ3) is 5.31. The van der Waals surface area contributed by atoms with Crippen LogP contribution in [0.2, 0.25) is 0 Å². The Kier molecular flexibility index (Phi) is 7.03. The minimum atomic E-state index is 0.131. The zero-order valence-corrected chi connectivity index (χ0v) is 15.0. The van der Waals surface area contributed by atoms with Gasteiger partial charge in [-0.25, -0.2) is 0 Å². The molecule has 0 aromatic carbocycles. The zero-order chi connectivity index (χ0) is 16.7. The molecule has 4 nitrogen and oxygen atoms in total. The highest BCUT2D eigenvalue weighted by Gasteiger charge is 2.19. The first-order chi connectivity index (χ1) is 11.1. The average molecular weight is 317 g/mol. The van der Waals surface area contributed by atoms with Gasteiger partial charge in [-0.05, 0) is 58.3 Å². The third-order valence-electron chi connectivity index (χ3n) is 4.62. The largest absolute Gasteiger partial charge is 0.337 e. The molecule has 1 aliphatic rings. The van der Waals surface area contributed by atoms with Gasteiger partial charge in [0.2, 0.25) is 0 Å². The molecule has 23 heavy (non-hydrogen) atoms. The summed E-state index contributed by atoms with van der Waals surface area (Å²) in [6.45, 7) is 11.0. The van der Waals surface area contributed by atoms with E-state index < -0.39 is 0 Å². The summed E-state index contributed by atoms with van der Waals surface area (Å²) in [5.41, 5.74) is 2.55. The molecular weight excluding hydrogens is 286 g/mol. The van der Waals surface area contributed by atoms with Crippen molar-refractivity contribution in [3.8, 4) is 0 Å². The molecule has 1 aliphatic heterocycles. The fraction of sp³-hybridized carbons (Fsp3) is 0.684. The van der Waals surface area contributed by atoms with Crippen LogP contribution in [-0.2, 0) is 0 Å². The van der Waals surface area contributed by atoms with Gasteiger partial charge in [0.15, 0.2) is 0 Å². The monoisotopic (exact) mass is 317 g/mol. The lowest BCUT2D eigenvalue weighted by Gasteiger charge is -2.27. The Bertz CT molecular complexity index is 507. The molecule has 1 saturated heterocycles. The van der Waals surface area contributed by atoms with Gasteiger partial charge in [-0.3, -0.25) is 9.78 Å². The first-order valence-corrected chi connectivity index (χ1v) is 9.07. The second-order valence-corrected chi connectivity index (χ2v) is 6.63. The molecule has 1 amide bonds. The molecule has 0 atom stereocenters. The average Bonchev–Trinajstić information content (AvgIpc) is 2.79. The molecule has 0 radical (unpaired) electrons. The molecule has 1 aromatic heterocycles. The number of nitrogens with zero attached hydrogens (tertiary/aromatic N) is 3. The van der Waals surface area contributed by atoms with E-state index in [-0.39, 0.29) is 5.91 Å². The number of aromatic nitrogens is 1. The van der Waals surface area contributed by atoms with Crippen molar-refractivity contribution in [2.24, 2.45) is 0 Å². The predicted molar refractivity (Wildman–Crippen MR) is 94.8 cm³/mol. The summed E-state index contributed by atoms with van der Waals surface area (Å²) in [7, 11) is 0. The zero-order valence-electron chi connectivity index (χ0n) is 15.0. The van der Waals surface area contributed by atoms with Crippen LogP contribution in [0.4, 0.5) is 0 Å². The number of carbonyl (C=O) groups is 1. The summed E-state index contributed by atoms with van der Waals surface area (Å²) in [4.78, 5) is 21.8. The van der Waals surface area contributed by atoms with Crippen molar-refractivity contribution in [1.82, 2.24) is 14.8 Å². The van der Waals surface area contributed by atoms with Crippen LogP contribution in [0.25, 0.3) is 0 Å². The Balaban J connectivity index is 2.00. The molecule has 1 aromatic rings. The Labute approximate surface area is 140 Å². The number of carbonyl (C=O) groups excluding carboxylic acids is 1. The topological polar surface area (TPSA) is 36.4 Å². The fourth-order valence-electron chi connectivity index (χ4n) is 3.29. The number of pyridine rings is 1. The highest BCUT2D eigenvalue weighted by Crippen LogP contribution is 2.13. The van der Waals surface area contributed by atoms with Gasteiger partial charge in [0, 0.05) is 25.3 Å². The highest BCUT2D eigenvalue weighted by molar-refractivity contribution is 5.95. The Morgan fingerprint density at radius 2 is 1.83 bits per heavy atom. The smallest absolute Gasteiger partial charge is 0.255 e. The van der Waals surface area contributed by atoms with E-state index in [0.717, 1.165) is 43.0 Å². The molecule has 0 N–H and O–H groups in total. The van der Waals surface area contributed by atoms with Gasteiger partial charge in [0.25, 0.3) is 5.91 Å². The normalized spacial score (nSPS) is 16.1. The van der Waals surface area contributed by atoms with E-state index in [2.05, 4.69) is 16.8 Å². The number of aryl methyl sites for hydroxylation is 2. The number of amides is 1. The molecule has 0 saturated carbocycles. The van der Waals surface area contributed by atoms with Crippen LogP contribution < -0.4 is 0 Å². The second kappa shape index (κ2) is 9.02. The molecule has 2 heterocycles. The van der Waals surface area contributed by atoms with Crippen LogP contribution in [0.1, 0.15) is 60.8 Å². The van der Waals surface area contributed by atoms with Crippen molar-refractivity contribution >= 4 is 5.91 Å². The number of hydrogen-bond acceptors (Lipinski definition) is 3. The Hall–Kier alpha value is -1.42. The molecule has 2 rings (SSSR count). The maximum absolute atomic E-state index is 12.9. The molecule has 0 unspecified atom stereocenters. The standard InChI is InChI=1S/C19H31N3O/c1-4-11-22(15-14-21-12-7-5-6-8-13-21)19(23)18-10-9-16(2)20-17(18)3/h9-10H,4-8,11-15H2,1-3H3. The highest BCUT2D eigenvalue weighted by atomic mass is 16.2. The van der Waals surface area contributed by atoms with Gasteiger partial charge in [0.05, 0.1) is 11.3 Å². The van der Waals surface area contributed by atoms with Crippen molar-refractivity contribution in [2.45, 2.75) is 52.9 Å². The summed E-state index contributed by atoms with van der Waals surface area (Å²) in [6.07, 6.45) is 6.28. The minimum Gasteiger partial charge on any atom is -0.337 e. The van der Waals surface area contributed by atoms with Gasteiger partial charge in [-0.15, -0.1) is 0 Å². The van der Waals surface area contributed by atoms with Gasteiger partial charge < -0.3 is 9.80 Å². The molecule has 4 heteroatoms. The molecule has 0 bridgehead atoms. The Morgan fingerprint density at radius 3 is 2.43 bits per heavy atom. The van der Waals surface area contributed by atoms with E-state index in [4.69, 9.17) is 0 Å². The lowest BCUT2D eigenvalue weighted by atomic mass is 10.1. The van der Waals surface area contributed by atoms with Crippen molar-refractivity contribution < 1.29 is 4.79 Å². The number of rotatable bonds is 6. The number of likely N-dealkylation sites (tertiary alicyclic amines) is 1. The molecule has 1 fully saturated rings. The molecule has 128 valence electrons. The first kappa shape index (κ1) is 17.9. The second-order valence-electron chi connectivity index (χ2n) is 6.63. The van der Waals surface area contributed by atoms with Gasteiger partial charge in [-0.2, -0.15) is 0 Å². The van der Waals surface area contributed by atoms with E-state index in [1.165, 1.54) is 38.8 Å². The minimum absolute atomic E-state index is 0.131. The maximum atomic E-state index is 12.9. The van der Waals surface area contributed by atoms with E-state index in [1.807, 2.05) is 30.9 Å². The van der Waals surface area contributed by atoms with Crippen LogP contribution in [0, 0.1) is 13.8 Å².